The highest BCUT2D eigenvalue weighted by atomic mass is 32.1. The third kappa shape index (κ3) is 3.21. The Labute approximate surface area is 126 Å². The Balaban J connectivity index is 1.49. The van der Waals surface area contributed by atoms with Gasteiger partial charge >= 0.3 is 5.97 Å². The molecule has 2 aromatic rings. The van der Waals surface area contributed by atoms with Gasteiger partial charge in [-0.1, -0.05) is 0 Å². The first-order valence-electron chi connectivity index (χ1n) is 6.95. The number of nitrogens with one attached hydrogen (secondary N) is 1. The molecule has 0 radical (unpaired) electrons. The van der Waals surface area contributed by atoms with Gasteiger partial charge in [-0.15, -0.1) is 11.3 Å². The van der Waals surface area contributed by atoms with E-state index >= 15 is 0 Å². The number of aliphatic carboxylic acids is 1. The quantitative estimate of drug-likeness (QED) is 0.889. The highest BCUT2D eigenvalue weighted by Gasteiger charge is 2.30. The van der Waals surface area contributed by atoms with Gasteiger partial charge in [-0.2, -0.15) is 0 Å². The lowest BCUT2D eigenvalue weighted by Gasteiger charge is -2.34. The van der Waals surface area contributed by atoms with E-state index in [4.69, 9.17) is 5.11 Å². The molecule has 0 unspecified atom stereocenters. The van der Waals surface area contributed by atoms with Crippen molar-refractivity contribution >= 4 is 33.3 Å². The van der Waals surface area contributed by atoms with Crippen LogP contribution in [0.4, 0.5) is 0 Å². The molecule has 2 heterocycles. The maximum atomic E-state index is 12.0. The number of hydrogen-bond donors (Lipinski definition) is 2. The summed E-state index contributed by atoms with van der Waals surface area (Å²) in [6, 6.07) is 3.77. The minimum absolute atomic E-state index is 0.162. The van der Waals surface area contributed by atoms with Crippen LogP contribution in [0, 0.1) is 11.8 Å². The van der Waals surface area contributed by atoms with E-state index in [1.807, 2.05) is 11.4 Å². The average Bonchev–Trinajstić information content (AvgIpc) is 2.87. The fraction of sp³-hybridized carbons (Fsp3) is 0.400. The SMILES string of the molecule is O=C(O)CC1CC(CNC(=O)c2cc3ccsc3cn2)C1. The van der Waals surface area contributed by atoms with Crippen LogP contribution in [-0.4, -0.2) is 28.5 Å². The third-order valence-corrected chi connectivity index (χ3v) is 4.79. The topological polar surface area (TPSA) is 79.3 Å². The summed E-state index contributed by atoms with van der Waals surface area (Å²) in [6.45, 7) is 0.596. The van der Waals surface area contributed by atoms with Gasteiger partial charge in [0.1, 0.15) is 5.69 Å². The monoisotopic (exact) mass is 304 g/mol. The molecule has 1 aliphatic carbocycles. The van der Waals surface area contributed by atoms with Crippen molar-refractivity contribution < 1.29 is 14.7 Å². The van der Waals surface area contributed by atoms with Crippen LogP contribution in [0.2, 0.25) is 0 Å². The standard InChI is InChI=1S/C15H16N2O3S/c18-14(19)5-9-3-10(4-9)7-17-15(20)12-6-11-1-2-21-13(11)8-16-12/h1-2,6,8-10H,3-5,7H2,(H,17,20)(H,18,19). The molecule has 2 aromatic heterocycles. The summed E-state index contributed by atoms with van der Waals surface area (Å²) in [5.41, 5.74) is 0.433. The number of nitrogens with zero attached hydrogens (tertiary/aromatic N) is 1. The highest BCUT2D eigenvalue weighted by molar-refractivity contribution is 7.17. The minimum atomic E-state index is -0.740. The van der Waals surface area contributed by atoms with Crippen LogP contribution in [0.1, 0.15) is 29.8 Å². The number of carboxylic acid groups (broad SMARTS) is 1. The first kappa shape index (κ1) is 14.0. The van der Waals surface area contributed by atoms with Gasteiger partial charge < -0.3 is 10.4 Å². The molecule has 2 N–H and O–H groups in total. The molecule has 1 amide bonds. The maximum absolute atomic E-state index is 12.0. The van der Waals surface area contributed by atoms with Crippen molar-refractivity contribution in [3.8, 4) is 0 Å². The fourth-order valence-corrected chi connectivity index (χ4v) is 3.51. The Kier molecular flexibility index (Phi) is 3.88. The second-order valence-corrected chi connectivity index (χ2v) is 6.49. The molecule has 3 rings (SSSR count). The number of amides is 1. The van der Waals surface area contributed by atoms with Crippen LogP contribution in [0.5, 0.6) is 0 Å². The second-order valence-electron chi connectivity index (χ2n) is 5.54. The number of fused-ring (bicyclic) bond motifs is 1. The van der Waals surface area contributed by atoms with E-state index < -0.39 is 5.97 Å². The van der Waals surface area contributed by atoms with E-state index in [-0.39, 0.29) is 18.2 Å². The Morgan fingerprint density at radius 1 is 1.38 bits per heavy atom. The lowest BCUT2D eigenvalue weighted by atomic mass is 9.73. The molecule has 0 aromatic carbocycles. The summed E-state index contributed by atoms with van der Waals surface area (Å²) in [4.78, 5) is 26.8. The van der Waals surface area contributed by atoms with Gasteiger partial charge in [0, 0.05) is 19.2 Å². The molecule has 5 nitrogen and oxygen atoms in total. The Bertz CT molecular complexity index is 676. The molecule has 110 valence electrons. The Morgan fingerprint density at radius 3 is 2.95 bits per heavy atom. The average molecular weight is 304 g/mol. The first-order valence-corrected chi connectivity index (χ1v) is 7.83. The van der Waals surface area contributed by atoms with Gasteiger partial charge in [0.25, 0.3) is 5.91 Å². The Morgan fingerprint density at radius 2 is 2.19 bits per heavy atom. The van der Waals surface area contributed by atoms with Crippen molar-refractivity contribution in [1.82, 2.24) is 10.3 Å². The number of pyridine rings is 1. The zero-order valence-electron chi connectivity index (χ0n) is 11.4. The number of thiophene rings is 1. The van der Waals surface area contributed by atoms with Crippen LogP contribution in [0.25, 0.3) is 10.1 Å². The van der Waals surface area contributed by atoms with Crippen LogP contribution >= 0.6 is 11.3 Å². The summed E-state index contributed by atoms with van der Waals surface area (Å²) in [5.74, 6) is -0.242. The van der Waals surface area contributed by atoms with Crippen molar-refractivity contribution in [3.63, 3.8) is 0 Å². The van der Waals surface area contributed by atoms with Crippen molar-refractivity contribution in [2.24, 2.45) is 11.8 Å². The van der Waals surface area contributed by atoms with Gasteiger partial charge in [0.15, 0.2) is 0 Å². The molecule has 0 atom stereocenters. The molecule has 1 aliphatic rings. The maximum Gasteiger partial charge on any atom is 0.303 e. The molecular formula is C15H16N2O3S. The van der Waals surface area contributed by atoms with Crippen molar-refractivity contribution in [1.29, 1.82) is 0 Å². The fourth-order valence-electron chi connectivity index (χ4n) is 2.77. The van der Waals surface area contributed by atoms with Crippen LogP contribution < -0.4 is 5.32 Å². The van der Waals surface area contributed by atoms with Crippen molar-refractivity contribution in [2.45, 2.75) is 19.3 Å². The van der Waals surface area contributed by atoms with Crippen molar-refractivity contribution in [3.05, 3.63) is 29.4 Å². The molecule has 0 bridgehead atoms. The smallest absolute Gasteiger partial charge is 0.303 e. The molecule has 6 heteroatoms. The number of carbonyl (C=O) groups is 2. The van der Waals surface area contributed by atoms with Gasteiger partial charge in [-0.3, -0.25) is 9.59 Å². The number of aromatic nitrogens is 1. The van der Waals surface area contributed by atoms with E-state index in [9.17, 15) is 9.59 Å². The summed E-state index contributed by atoms with van der Waals surface area (Å²) >= 11 is 1.60. The molecule has 0 saturated heterocycles. The predicted molar refractivity (Wildman–Crippen MR) is 80.4 cm³/mol. The van der Waals surface area contributed by atoms with Crippen LogP contribution in [0.3, 0.4) is 0 Å². The highest BCUT2D eigenvalue weighted by Crippen LogP contribution is 2.35. The minimum Gasteiger partial charge on any atom is -0.481 e. The van der Waals surface area contributed by atoms with E-state index in [2.05, 4.69) is 10.3 Å². The van der Waals surface area contributed by atoms with Gasteiger partial charge in [0.05, 0.1) is 4.70 Å². The molecule has 0 spiro atoms. The van der Waals surface area contributed by atoms with Gasteiger partial charge in [-0.25, -0.2) is 4.98 Å². The zero-order chi connectivity index (χ0) is 14.8. The van der Waals surface area contributed by atoms with Crippen LogP contribution in [-0.2, 0) is 4.79 Å². The van der Waals surface area contributed by atoms with Crippen molar-refractivity contribution in [2.75, 3.05) is 6.54 Å². The van der Waals surface area contributed by atoms with E-state index in [0.29, 0.717) is 18.2 Å². The second kappa shape index (κ2) is 5.81. The predicted octanol–water partition coefficient (Wildman–Crippen LogP) is 2.53. The molecular weight excluding hydrogens is 288 g/mol. The zero-order valence-corrected chi connectivity index (χ0v) is 12.2. The van der Waals surface area contributed by atoms with E-state index in [1.54, 1.807) is 23.6 Å². The molecule has 0 aliphatic heterocycles. The molecule has 1 saturated carbocycles. The largest absolute Gasteiger partial charge is 0.481 e. The molecule has 21 heavy (non-hydrogen) atoms. The number of carboxylic acids is 1. The number of rotatable bonds is 5. The molecule has 1 fully saturated rings. The third-order valence-electron chi connectivity index (χ3n) is 3.92. The van der Waals surface area contributed by atoms with E-state index in [0.717, 1.165) is 22.9 Å². The summed E-state index contributed by atoms with van der Waals surface area (Å²) in [6.07, 6.45) is 3.72. The summed E-state index contributed by atoms with van der Waals surface area (Å²) in [5, 5.41) is 14.6. The van der Waals surface area contributed by atoms with Crippen LogP contribution in [0.15, 0.2) is 23.7 Å². The first-order chi connectivity index (χ1) is 10.1. The van der Waals surface area contributed by atoms with Gasteiger partial charge in [-0.05, 0) is 47.6 Å². The Hall–Kier alpha value is -1.95. The summed E-state index contributed by atoms with van der Waals surface area (Å²) in [7, 11) is 0. The summed E-state index contributed by atoms with van der Waals surface area (Å²) < 4.78 is 1.07. The normalized spacial score (nSPS) is 21.0. The number of carbonyl (C=O) groups excluding carboxylic acids is 1. The van der Waals surface area contributed by atoms with E-state index in [1.165, 1.54) is 0 Å². The number of hydrogen-bond acceptors (Lipinski definition) is 4. The van der Waals surface area contributed by atoms with Gasteiger partial charge in [0.2, 0.25) is 0 Å². The lowest BCUT2D eigenvalue weighted by Crippen LogP contribution is -2.37. The lowest BCUT2D eigenvalue weighted by molar-refractivity contribution is -0.139.